The van der Waals surface area contributed by atoms with Crippen molar-refractivity contribution in [1.82, 2.24) is 10.3 Å². The highest BCUT2D eigenvalue weighted by Gasteiger charge is 2.10. The highest BCUT2D eigenvalue weighted by Crippen LogP contribution is 2.24. The Hall–Kier alpha value is -3.09. The lowest BCUT2D eigenvalue weighted by molar-refractivity contribution is -0.115. The Morgan fingerprint density at radius 1 is 1.22 bits per heavy atom. The maximum atomic E-state index is 11.9. The molecule has 0 aliphatic heterocycles. The number of rotatable bonds is 5. The number of carbonyl (C=O) groups is 2. The second-order valence-corrected chi connectivity index (χ2v) is 4.88. The van der Waals surface area contributed by atoms with Gasteiger partial charge in [0, 0.05) is 12.3 Å². The van der Waals surface area contributed by atoms with Gasteiger partial charge in [0.25, 0.3) is 5.91 Å². The lowest BCUT2D eigenvalue weighted by Gasteiger charge is -2.11. The third-order valence-electron chi connectivity index (χ3n) is 3.08. The average Bonchev–Trinajstić information content (AvgIpc) is 2.53. The summed E-state index contributed by atoms with van der Waals surface area (Å²) in [5.74, 6) is -0.296. The van der Waals surface area contributed by atoms with E-state index in [4.69, 9.17) is 4.74 Å². The minimum absolute atomic E-state index is 0.199. The normalized spacial score (nSPS) is 10.0. The first-order chi connectivity index (χ1) is 11.0. The van der Waals surface area contributed by atoms with E-state index in [-0.39, 0.29) is 23.6 Å². The fraction of sp³-hybridized carbons (Fsp3) is 0.188. The fourth-order valence-corrected chi connectivity index (χ4v) is 1.93. The predicted octanol–water partition coefficient (Wildman–Crippen LogP) is 1.06. The third kappa shape index (κ3) is 4.44. The van der Waals surface area contributed by atoms with Gasteiger partial charge in [-0.15, -0.1) is 0 Å². The van der Waals surface area contributed by atoms with Crippen LogP contribution in [0.25, 0.3) is 0 Å². The first-order valence-corrected chi connectivity index (χ1v) is 6.91. The summed E-state index contributed by atoms with van der Waals surface area (Å²) in [6.45, 7) is 1.70. The van der Waals surface area contributed by atoms with Crippen molar-refractivity contribution in [3.63, 3.8) is 0 Å². The molecule has 2 amide bonds. The Bertz CT molecular complexity index is 763. The summed E-state index contributed by atoms with van der Waals surface area (Å²) in [6, 6.07) is 8.03. The van der Waals surface area contributed by atoms with E-state index in [9.17, 15) is 14.4 Å². The topological polar surface area (TPSA) is 100 Å². The Balaban J connectivity index is 1.95. The molecule has 0 saturated heterocycles. The molecule has 2 aromatic rings. The molecule has 7 nitrogen and oxygen atoms in total. The van der Waals surface area contributed by atoms with Crippen molar-refractivity contribution >= 4 is 17.5 Å². The van der Waals surface area contributed by atoms with E-state index in [0.29, 0.717) is 11.4 Å². The van der Waals surface area contributed by atoms with Gasteiger partial charge in [-0.1, -0.05) is 6.07 Å². The summed E-state index contributed by atoms with van der Waals surface area (Å²) < 4.78 is 5.17. The zero-order valence-electron chi connectivity index (χ0n) is 12.8. The highest BCUT2D eigenvalue weighted by molar-refractivity contribution is 5.99. The summed E-state index contributed by atoms with van der Waals surface area (Å²) >= 11 is 0. The number of hydrogen-bond acceptors (Lipinski definition) is 4. The van der Waals surface area contributed by atoms with Gasteiger partial charge in [0.05, 0.1) is 24.9 Å². The van der Waals surface area contributed by atoms with Crippen molar-refractivity contribution in [3.8, 4) is 5.75 Å². The Morgan fingerprint density at radius 3 is 2.65 bits per heavy atom. The number of carbonyl (C=O) groups excluding carboxylic acids is 2. The molecular weight excluding hydrogens is 298 g/mol. The van der Waals surface area contributed by atoms with E-state index in [2.05, 4.69) is 15.6 Å². The van der Waals surface area contributed by atoms with Crippen LogP contribution in [0.15, 0.2) is 41.3 Å². The molecule has 1 aromatic carbocycles. The van der Waals surface area contributed by atoms with Gasteiger partial charge in [0.15, 0.2) is 0 Å². The van der Waals surface area contributed by atoms with Crippen LogP contribution in [0.4, 0.5) is 5.69 Å². The minimum Gasteiger partial charge on any atom is -0.495 e. The molecule has 120 valence electrons. The maximum Gasteiger partial charge on any atom is 0.253 e. The van der Waals surface area contributed by atoms with E-state index >= 15 is 0 Å². The second kappa shape index (κ2) is 7.26. The van der Waals surface area contributed by atoms with Gasteiger partial charge < -0.3 is 20.4 Å². The summed E-state index contributed by atoms with van der Waals surface area (Å²) in [4.78, 5) is 37.1. The molecule has 3 N–H and O–H groups in total. The molecule has 0 saturated carbocycles. The molecule has 0 aliphatic carbocycles. The second-order valence-electron chi connectivity index (χ2n) is 4.88. The van der Waals surface area contributed by atoms with E-state index in [0.717, 1.165) is 5.56 Å². The van der Waals surface area contributed by atoms with Gasteiger partial charge >= 0.3 is 0 Å². The number of H-pyrrole nitrogens is 1. The molecule has 0 spiro atoms. The molecule has 0 unspecified atom stereocenters. The largest absolute Gasteiger partial charge is 0.495 e. The van der Waals surface area contributed by atoms with Crippen LogP contribution >= 0.6 is 0 Å². The number of benzene rings is 1. The van der Waals surface area contributed by atoms with Crippen LogP contribution in [0.2, 0.25) is 0 Å². The smallest absolute Gasteiger partial charge is 0.253 e. The van der Waals surface area contributed by atoms with E-state index in [1.54, 1.807) is 12.1 Å². The van der Waals surface area contributed by atoms with Crippen LogP contribution in [0.5, 0.6) is 5.75 Å². The standard InChI is InChI=1S/C16H17N3O4/c1-10-3-5-13(23-2)12(7-10)19-15(21)9-18-16(22)11-4-6-14(20)17-8-11/h3-8H,9H2,1-2H3,(H,17,20)(H,18,22)(H,19,21). The van der Waals surface area contributed by atoms with Crippen LogP contribution in [-0.2, 0) is 4.79 Å². The molecule has 0 bridgehead atoms. The zero-order valence-corrected chi connectivity index (χ0v) is 12.8. The van der Waals surface area contributed by atoms with Crippen molar-refractivity contribution in [2.24, 2.45) is 0 Å². The van der Waals surface area contributed by atoms with Crippen LogP contribution in [-0.4, -0.2) is 30.5 Å². The molecule has 0 radical (unpaired) electrons. The number of aromatic amines is 1. The number of amides is 2. The maximum absolute atomic E-state index is 11.9. The lowest BCUT2D eigenvalue weighted by atomic mass is 10.2. The summed E-state index contributed by atoms with van der Waals surface area (Å²) in [5, 5.41) is 5.16. The number of nitrogens with one attached hydrogen (secondary N) is 3. The van der Waals surface area contributed by atoms with Crippen LogP contribution in [0.1, 0.15) is 15.9 Å². The van der Waals surface area contributed by atoms with Gasteiger partial charge in [-0.3, -0.25) is 14.4 Å². The monoisotopic (exact) mass is 315 g/mol. The number of pyridine rings is 1. The number of methoxy groups -OCH3 is 1. The Morgan fingerprint density at radius 2 is 2.00 bits per heavy atom. The molecule has 7 heteroatoms. The molecular formula is C16H17N3O4. The fourth-order valence-electron chi connectivity index (χ4n) is 1.93. The van der Waals surface area contributed by atoms with Crippen molar-refractivity contribution in [1.29, 1.82) is 0 Å². The molecule has 2 rings (SSSR count). The van der Waals surface area contributed by atoms with Gasteiger partial charge in [-0.2, -0.15) is 0 Å². The molecule has 0 aliphatic rings. The van der Waals surface area contributed by atoms with Gasteiger partial charge in [0.1, 0.15) is 5.75 Å². The predicted molar refractivity (Wildman–Crippen MR) is 85.8 cm³/mol. The van der Waals surface area contributed by atoms with Gasteiger partial charge in [0.2, 0.25) is 11.5 Å². The first kappa shape index (κ1) is 16.3. The summed E-state index contributed by atoms with van der Waals surface area (Å²) in [5.41, 5.74) is 1.48. The van der Waals surface area contributed by atoms with Gasteiger partial charge in [-0.25, -0.2) is 0 Å². The quantitative estimate of drug-likeness (QED) is 0.768. The Kier molecular flexibility index (Phi) is 5.14. The summed E-state index contributed by atoms with van der Waals surface area (Å²) in [7, 11) is 1.51. The van der Waals surface area contributed by atoms with Crippen molar-refractivity contribution in [2.45, 2.75) is 6.92 Å². The van der Waals surface area contributed by atoms with E-state index < -0.39 is 5.91 Å². The Labute approximate surface area is 132 Å². The van der Waals surface area contributed by atoms with E-state index in [1.165, 1.54) is 25.4 Å². The summed E-state index contributed by atoms with van der Waals surface area (Å²) in [6.07, 6.45) is 1.29. The average molecular weight is 315 g/mol. The lowest BCUT2D eigenvalue weighted by Crippen LogP contribution is -2.33. The number of aryl methyl sites for hydroxylation is 1. The molecule has 1 heterocycles. The van der Waals surface area contributed by atoms with Crippen LogP contribution in [0, 0.1) is 6.92 Å². The van der Waals surface area contributed by atoms with Crippen LogP contribution < -0.4 is 20.9 Å². The number of anilines is 1. The van der Waals surface area contributed by atoms with Crippen molar-refractivity contribution in [2.75, 3.05) is 19.0 Å². The third-order valence-corrected chi connectivity index (χ3v) is 3.08. The van der Waals surface area contributed by atoms with E-state index in [1.807, 2.05) is 13.0 Å². The van der Waals surface area contributed by atoms with Gasteiger partial charge in [-0.05, 0) is 30.7 Å². The number of ether oxygens (including phenoxy) is 1. The number of hydrogen-bond donors (Lipinski definition) is 3. The minimum atomic E-state index is -0.451. The van der Waals surface area contributed by atoms with Crippen molar-refractivity contribution < 1.29 is 14.3 Å². The highest BCUT2D eigenvalue weighted by atomic mass is 16.5. The SMILES string of the molecule is COc1ccc(C)cc1NC(=O)CNC(=O)c1ccc(=O)[nH]c1. The van der Waals surface area contributed by atoms with Crippen molar-refractivity contribution in [3.05, 3.63) is 58.0 Å². The number of aromatic nitrogens is 1. The molecule has 0 fully saturated rings. The molecule has 23 heavy (non-hydrogen) atoms. The van der Waals surface area contributed by atoms with Crippen LogP contribution in [0.3, 0.4) is 0 Å². The first-order valence-electron chi connectivity index (χ1n) is 6.91. The zero-order chi connectivity index (χ0) is 16.8. The molecule has 1 aromatic heterocycles. The molecule has 0 atom stereocenters.